The van der Waals surface area contributed by atoms with Crippen LogP contribution in [0.5, 0.6) is 0 Å². The number of aromatic nitrogens is 15. The van der Waals surface area contributed by atoms with Crippen LogP contribution in [0.25, 0.3) is 139 Å². The number of alkyl halides is 4. The zero-order chi connectivity index (χ0) is 100. The van der Waals surface area contributed by atoms with Crippen molar-refractivity contribution in [1.82, 2.24) is 106 Å². The molecule has 5 amide bonds. The number of likely N-dealkylation sites (tertiary alicyclic amines) is 6. The molecule has 22 heterocycles. The van der Waals surface area contributed by atoms with E-state index in [0.29, 0.717) is 134 Å². The number of aliphatic hydroxyl groups excluding tert-OH is 2. The summed E-state index contributed by atoms with van der Waals surface area (Å²) in [6, 6.07) is 49.1. The maximum atomic E-state index is 13.5. The Kier molecular flexibility index (Phi) is 24.0. The van der Waals surface area contributed by atoms with Crippen LogP contribution in [0.1, 0.15) is 114 Å². The Labute approximate surface area is 828 Å². The van der Waals surface area contributed by atoms with Gasteiger partial charge in [0.25, 0.3) is 41.4 Å². The number of pyridine rings is 5. The van der Waals surface area contributed by atoms with Crippen molar-refractivity contribution >= 4 is 113 Å². The fraction of sp³-hybridized carbons (Fsp3) is 0.299. The minimum absolute atomic E-state index is 0.0109. The summed E-state index contributed by atoms with van der Waals surface area (Å²) in [6.45, 7) is 14.9. The number of aryl methyl sites for hydroxylation is 5. The molecule has 0 aliphatic carbocycles. The number of oxazole rings is 5. The molecule has 742 valence electrons. The van der Waals surface area contributed by atoms with Crippen molar-refractivity contribution in [2.24, 2.45) is 0 Å². The molecular weight excluding hydrogens is 1880 g/mol. The minimum atomic E-state index is -2.83. The van der Waals surface area contributed by atoms with E-state index in [0.717, 1.165) is 161 Å². The average molecular weight is 1980 g/mol. The SMILES string of the molecule is Cc1nc2cc(-c3ccc4ncc(C(=O)N(C)C5CCOCC5)n4c3)ccc2o1.Cc1nc2cc(-c3ccc4ncc(C(=O)N5CC(F)(F)C5)n4c3)ccc2o1.Cc1nc2cc(-c3ccc4ncc(C(=O)N5CC(N6CC[C@@H](O)C6)C5)n4c3)ccc2o1.Cc1nc2cc(-c3ccc4ncc(C(=O)N5CC(N6CC[C@H](O)C6)C5)n4c3)ccc2o1.Cc1nc2cc(-c3ccc4ncc(C(=O)N5CCC(F)(F)C5)n4c3)ccc2o1. The lowest BCUT2D eigenvalue weighted by atomic mass is 10.1. The predicted octanol–water partition coefficient (Wildman–Crippen LogP) is 15.9. The van der Waals surface area contributed by atoms with Crippen LogP contribution >= 0.6 is 0 Å². The summed E-state index contributed by atoms with van der Waals surface area (Å²) in [4.78, 5) is 121. The Morgan fingerprint density at radius 3 is 0.890 bits per heavy atom. The number of aliphatic hydroxyl groups is 2. The average Bonchev–Trinajstić information content (AvgIpc) is 1.64. The van der Waals surface area contributed by atoms with Crippen molar-refractivity contribution in [2.75, 3.05) is 98.8 Å². The number of ether oxygens (including phenoxy) is 1. The van der Waals surface area contributed by atoms with E-state index in [1.54, 1.807) is 65.8 Å². The molecule has 5 aromatic carbocycles. The van der Waals surface area contributed by atoms with Crippen LogP contribution in [-0.4, -0.2) is 287 Å². The molecule has 0 radical (unpaired) electrons. The summed E-state index contributed by atoms with van der Waals surface area (Å²) < 4.78 is 95.2. The van der Waals surface area contributed by atoms with Gasteiger partial charge in [0.05, 0.1) is 62.8 Å². The molecule has 146 heavy (non-hydrogen) atoms. The van der Waals surface area contributed by atoms with E-state index in [1.807, 2.05) is 214 Å². The van der Waals surface area contributed by atoms with Crippen molar-refractivity contribution < 1.29 is 78.6 Å². The van der Waals surface area contributed by atoms with Gasteiger partial charge in [0.2, 0.25) is 0 Å². The quantitative estimate of drug-likeness (QED) is 0.101. The highest BCUT2D eigenvalue weighted by molar-refractivity contribution is 5.98. The summed E-state index contributed by atoms with van der Waals surface area (Å²) >= 11 is 0. The van der Waals surface area contributed by atoms with Crippen LogP contribution < -0.4 is 0 Å². The molecular formula is C107H98F4N22O13. The highest BCUT2D eigenvalue weighted by atomic mass is 19.3. The van der Waals surface area contributed by atoms with Gasteiger partial charge < -0.3 is 61.5 Å². The first-order valence-corrected chi connectivity index (χ1v) is 48.3. The lowest BCUT2D eigenvalue weighted by Crippen LogP contribution is -2.60. The number of carbonyl (C=O) groups is 5. The molecule has 2 N–H and O–H groups in total. The van der Waals surface area contributed by atoms with Gasteiger partial charge in [0.1, 0.15) is 84.3 Å². The zero-order valence-electron chi connectivity index (χ0n) is 80.3. The molecule has 0 bridgehead atoms. The van der Waals surface area contributed by atoms with Crippen LogP contribution in [0, 0.1) is 34.6 Å². The number of carbonyl (C=O) groups excluding carboxylic acids is 5. The number of amides is 5. The molecule has 7 fully saturated rings. The third-order valence-corrected chi connectivity index (χ3v) is 28.1. The highest BCUT2D eigenvalue weighted by Crippen LogP contribution is 2.38. The number of hydrogen-bond donors (Lipinski definition) is 2. The number of nitrogens with zero attached hydrogens (tertiary/aromatic N) is 22. The van der Waals surface area contributed by atoms with Crippen molar-refractivity contribution in [1.29, 1.82) is 0 Å². The topological polar surface area (TPSA) is 374 Å². The highest BCUT2D eigenvalue weighted by Gasteiger charge is 2.48. The Morgan fingerprint density at radius 2 is 0.610 bits per heavy atom. The van der Waals surface area contributed by atoms with E-state index in [2.05, 4.69) is 59.6 Å². The van der Waals surface area contributed by atoms with Crippen molar-refractivity contribution in [3.05, 3.63) is 272 Å². The van der Waals surface area contributed by atoms with Gasteiger partial charge in [-0.2, -0.15) is 0 Å². The molecule has 0 unspecified atom stereocenters. The van der Waals surface area contributed by atoms with Gasteiger partial charge in [0, 0.05) is 169 Å². The van der Waals surface area contributed by atoms with Crippen LogP contribution in [0.4, 0.5) is 17.6 Å². The molecule has 39 heteroatoms. The number of fused-ring (bicyclic) bond motifs is 10. The van der Waals surface area contributed by atoms with E-state index in [4.69, 9.17) is 26.8 Å². The standard InChI is InChI=1S/2C23H23N5O3.C22H22N4O3.C20H16F2N4O2.C19H14F2N4O2/c2*1-14-25-19-8-15(2-4-21(19)31-14)16-3-5-22-24-9-20(28(22)10-16)23(30)27-11-17(12-27)26-7-6-18(29)13-26;1-14-24-18-11-15(3-5-20(18)29-14)16-4-6-21-23-12-19(26(21)13-16)22(27)25(2)17-7-9-28-10-8-17;1-12-24-15-8-13(2-4-17(15)28-12)14-3-5-18-23-9-16(26(18)10-14)19(27)25-7-6-20(21,22)11-25;1-11-23-14-6-12(2-4-16(14)27-11)13-3-5-17-22-7-15(25(17)8-13)18(26)24-9-19(20,21)10-24/h2*2-5,8-10,17-18,29H,6-7,11-13H2,1H3;3-6,11-13,17H,7-10H2,1-2H3;2-5,8-10H,6-7,11H2,1H3;2-8H,9-10H2,1H3/t2*18-;;;/m10.../s1. The Balaban J connectivity index is 0.000000101. The van der Waals surface area contributed by atoms with Crippen LogP contribution in [-0.2, 0) is 4.74 Å². The molecule has 35 nitrogen and oxygen atoms in total. The molecule has 7 saturated heterocycles. The van der Waals surface area contributed by atoms with Crippen LogP contribution in [0.2, 0.25) is 0 Å². The van der Waals surface area contributed by atoms with Gasteiger partial charge in [-0.25, -0.2) is 67.4 Å². The number of benzene rings is 5. The fourth-order valence-electron chi connectivity index (χ4n) is 20.2. The second-order valence-corrected chi connectivity index (χ2v) is 38.2. The number of halogens is 4. The second-order valence-electron chi connectivity index (χ2n) is 38.2. The predicted molar refractivity (Wildman–Crippen MR) is 531 cm³/mol. The Hall–Kier alpha value is -16.2. The van der Waals surface area contributed by atoms with Gasteiger partial charge in [-0.3, -0.25) is 55.8 Å². The molecule has 20 aromatic rings. The first kappa shape index (κ1) is 93.4. The first-order valence-electron chi connectivity index (χ1n) is 48.3. The smallest absolute Gasteiger partial charge is 0.282 e. The molecule has 27 rings (SSSR count). The van der Waals surface area contributed by atoms with E-state index in [9.17, 15) is 51.7 Å². The first-order chi connectivity index (χ1) is 70.5. The number of rotatable bonds is 13. The van der Waals surface area contributed by atoms with Gasteiger partial charge in [-0.05, 0) is 203 Å². The monoisotopic (exact) mass is 1970 g/mol. The maximum Gasteiger partial charge on any atom is 0.282 e. The van der Waals surface area contributed by atoms with Crippen LogP contribution in [0.3, 0.4) is 0 Å². The van der Waals surface area contributed by atoms with Gasteiger partial charge in [0.15, 0.2) is 57.4 Å². The zero-order valence-corrected chi connectivity index (χ0v) is 80.3. The molecule has 7 aliphatic heterocycles. The van der Waals surface area contributed by atoms with Crippen molar-refractivity contribution in [2.45, 2.75) is 109 Å². The molecule has 7 aliphatic rings. The number of β-amino-alcohol motifs (C(OH)–C–C–N with tert-alkyl or cyclic N) is 2. The fourth-order valence-corrected chi connectivity index (χ4v) is 20.2. The Morgan fingerprint density at radius 1 is 0.336 bits per heavy atom. The van der Waals surface area contributed by atoms with Crippen LogP contribution in [0.15, 0.2) is 236 Å². The molecule has 15 aromatic heterocycles. The van der Waals surface area contributed by atoms with Gasteiger partial charge in [-0.1, -0.05) is 30.3 Å². The summed E-state index contributed by atoms with van der Waals surface area (Å²) in [7, 11) is 1.86. The van der Waals surface area contributed by atoms with E-state index >= 15 is 0 Å². The second kappa shape index (κ2) is 37.5. The van der Waals surface area contributed by atoms with Crippen molar-refractivity contribution in [3.8, 4) is 55.6 Å². The summed E-state index contributed by atoms with van der Waals surface area (Å²) in [5, 5.41) is 19.5. The van der Waals surface area contributed by atoms with Gasteiger partial charge in [-0.15, -0.1) is 0 Å². The van der Waals surface area contributed by atoms with E-state index in [-0.39, 0.29) is 60.3 Å². The summed E-state index contributed by atoms with van der Waals surface area (Å²) in [5.41, 5.74) is 22.7. The molecule has 0 spiro atoms. The lowest BCUT2D eigenvalue weighted by Gasteiger charge is -2.43. The summed E-state index contributed by atoms with van der Waals surface area (Å²) in [6.07, 6.45) is 19.8. The number of hydrogen-bond acceptors (Lipinski definition) is 25. The lowest BCUT2D eigenvalue weighted by molar-refractivity contribution is -0.113. The molecule has 0 saturated carbocycles. The maximum absolute atomic E-state index is 13.5. The largest absolute Gasteiger partial charge is 0.441 e. The third-order valence-electron chi connectivity index (χ3n) is 28.1. The Bertz CT molecular complexity index is 8310. The number of imidazole rings is 5. The normalized spacial score (nSPS) is 17.6. The van der Waals surface area contributed by atoms with Gasteiger partial charge >= 0.3 is 0 Å². The van der Waals surface area contributed by atoms with E-state index in [1.165, 1.54) is 17.3 Å². The van der Waals surface area contributed by atoms with Crippen molar-refractivity contribution in [3.63, 3.8) is 0 Å². The van der Waals surface area contributed by atoms with E-state index < -0.39 is 43.3 Å². The third kappa shape index (κ3) is 18.4. The molecule has 2 atom stereocenters. The minimum Gasteiger partial charge on any atom is -0.441 e. The summed E-state index contributed by atoms with van der Waals surface area (Å²) in [5.74, 6) is -3.46.